The molecular formula is C24H25N3O3. The first-order valence-electron chi connectivity index (χ1n) is 10.1. The molecule has 1 atom stereocenters. The van der Waals surface area contributed by atoms with Gasteiger partial charge < -0.3 is 20.0 Å². The van der Waals surface area contributed by atoms with Crippen LogP contribution in [0.1, 0.15) is 41.1 Å². The van der Waals surface area contributed by atoms with Crippen molar-refractivity contribution in [1.29, 1.82) is 0 Å². The first-order valence-corrected chi connectivity index (χ1v) is 10.1. The molecule has 2 N–H and O–H groups in total. The standard InChI is InChI=1S/C24H25N3O3/c1-16-12-19-7-3-4-9-22(19)27(16)15-23-21(10-11-30-23)24(29)25-14-18-6-5-8-20(13-18)26-17(2)28/h3-11,13,16H,12,14-15H2,1-2H3,(H,25,29)(H,26,28). The lowest BCUT2D eigenvalue weighted by Gasteiger charge is -2.24. The molecule has 1 unspecified atom stereocenters. The lowest BCUT2D eigenvalue weighted by atomic mass is 10.1. The molecule has 6 heteroatoms. The van der Waals surface area contributed by atoms with Crippen molar-refractivity contribution in [3.63, 3.8) is 0 Å². The Labute approximate surface area is 175 Å². The topological polar surface area (TPSA) is 74.6 Å². The molecule has 2 heterocycles. The maximum Gasteiger partial charge on any atom is 0.255 e. The minimum atomic E-state index is -0.177. The zero-order chi connectivity index (χ0) is 21.1. The van der Waals surface area contributed by atoms with Crippen molar-refractivity contribution in [2.75, 3.05) is 10.2 Å². The Hall–Kier alpha value is -3.54. The van der Waals surface area contributed by atoms with Gasteiger partial charge in [0.2, 0.25) is 5.91 Å². The summed E-state index contributed by atoms with van der Waals surface area (Å²) in [5.41, 5.74) is 4.68. The van der Waals surface area contributed by atoms with E-state index in [-0.39, 0.29) is 11.8 Å². The first-order chi connectivity index (χ1) is 14.5. The van der Waals surface area contributed by atoms with E-state index >= 15 is 0 Å². The van der Waals surface area contributed by atoms with E-state index in [0.29, 0.717) is 36.1 Å². The fraction of sp³-hybridized carbons (Fsp3) is 0.250. The molecule has 0 bridgehead atoms. The van der Waals surface area contributed by atoms with Crippen molar-refractivity contribution in [3.8, 4) is 0 Å². The third-order valence-electron chi connectivity index (χ3n) is 5.35. The van der Waals surface area contributed by atoms with Crippen LogP contribution in [-0.2, 0) is 24.3 Å². The molecule has 0 spiro atoms. The lowest BCUT2D eigenvalue weighted by Crippen LogP contribution is -2.30. The summed E-state index contributed by atoms with van der Waals surface area (Å²) < 4.78 is 5.68. The predicted octanol–water partition coefficient (Wildman–Crippen LogP) is 4.12. The van der Waals surface area contributed by atoms with Crippen LogP contribution in [0.4, 0.5) is 11.4 Å². The van der Waals surface area contributed by atoms with E-state index in [0.717, 1.165) is 12.0 Å². The molecule has 0 radical (unpaired) electrons. The van der Waals surface area contributed by atoms with Gasteiger partial charge in [0, 0.05) is 30.9 Å². The van der Waals surface area contributed by atoms with Gasteiger partial charge in [-0.05, 0) is 48.7 Å². The number of carbonyl (C=O) groups excluding carboxylic acids is 2. The maximum atomic E-state index is 12.8. The van der Waals surface area contributed by atoms with Crippen molar-refractivity contribution in [3.05, 3.63) is 83.3 Å². The Morgan fingerprint density at radius 2 is 1.97 bits per heavy atom. The van der Waals surface area contributed by atoms with Gasteiger partial charge in [-0.3, -0.25) is 9.59 Å². The molecule has 0 saturated heterocycles. The van der Waals surface area contributed by atoms with Crippen LogP contribution < -0.4 is 15.5 Å². The van der Waals surface area contributed by atoms with Gasteiger partial charge in [0.15, 0.2) is 0 Å². The van der Waals surface area contributed by atoms with Crippen molar-refractivity contribution in [2.24, 2.45) is 0 Å². The highest BCUT2D eigenvalue weighted by molar-refractivity contribution is 5.95. The van der Waals surface area contributed by atoms with E-state index in [2.05, 4.69) is 40.7 Å². The molecular weight excluding hydrogens is 378 g/mol. The fourth-order valence-corrected chi connectivity index (χ4v) is 3.93. The van der Waals surface area contributed by atoms with Crippen LogP contribution in [-0.4, -0.2) is 17.9 Å². The molecule has 1 aliphatic rings. The molecule has 1 aromatic heterocycles. The normalized spacial score (nSPS) is 15.0. The molecule has 0 saturated carbocycles. The number of fused-ring (bicyclic) bond motifs is 1. The number of furan rings is 1. The summed E-state index contributed by atoms with van der Waals surface area (Å²) >= 11 is 0. The molecule has 2 aromatic carbocycles. The Morgan fingerprint density at radius 3 is 2.80 bits per heavy atom. The van der Waals surface area contributed by atoms with E-state index in [1.165, 1.54) is 18.2 Å². The van der Waals surface area contributed by atoms with Gasteiger partial charge in [-0.1, -0.05) is 30.3 Å². The Morgan fingerprint density at radius 1 is 1.13 bits per heavy atom. The van der Waals surface area contributed by atoms with E-state index in [1.54, 1.807) is 12.3 Å². The van der Waals surface area contributed by atoms with Crippen molar-refractivity contribution in [1.82, 2.24) is 5.32 Å². The van der Waals surface area contributed by atoms with E-state index in [9.17, 15) is 9.59 Å². The van der Waals surface area contributed by atoms with Gasteiger partial charge in [-0.2, -0.15) is 0 Å². The van der Waals surface area contributed by atoms with Crippen LogP contribution in [0.3, 0.4) is 0 Å². The summed E-state index contributed by atoms with van der Waals surface area (Å²) in [4.78, 5) is 26.3. The molecule has 6 nitrogen and oxygen atoms in total. The number of nitrogens with one attached hydrogen (secondary N) is 2. The van der Waals surface area contributed by atoms with Crippen molar-refractivity contribution < 1.29 is 14.0 Å². The summed E-state index contributed by atoms with van der Waals surface area (Å²) in [6.45, 7) is 4.56. The lowest BCUT2D eigenvalue weighted by molar-refractivity contribution is -0.114. The quantitative estimate of drug-likeness (QED) is 0.649. The summed E-state index contributed by atoms with van der Waals surface area (Å²) in [6.07, 6.45) is 2.55. The van der Waals surface area contributed by atoms with Crippen LogP contribution >= 0.6 is 0 Å². The number of rotatable bonds is 6. The van der Waals surface area contributed by atoms with Crippen LogP contribution in [0.15, 0.2) is 65.3 Å². The highest BCUT2D eigenvalue weighted by atomic mass is 16.3. The second-order valence-corrected chi connectivity index (χ2v) is 7.63. The van der Waals surface area contributed by atoms with Gasteiger partial charge in [0.05, 0.1) is 18.4 Å². The van der Waals surface area contributed by atoms with E-state index in [4.69, 9.17) is 4.42 Å². The summed E-state index contributed by atoms with van der Waals surface area (Å²) in [5.74, 6) is 0.351. The minimum absolute atomic E-state index is 0.128. The zero-order valence-electron chi connectivity index (χ0n) is 17.1. The van der Waals surface area contributed by atoms with Crippen LogP contribution in [0.2, 0.25) is 0 Å². The number of amides is 2. The molecule has 2 amide bonds. The highest BCUT2D eigenvalue weighted by Crippen LogP contribution is 2.33. The van der Waals surface area contributed by atoms with Crippen LogP contribution in [0.25, 0.3) is 0 Å². The van der Waals surface area contributed by atoms with Crippen molar-refractivity contribution >= 4 is 23.2 Å². The third kappa shape index (κ3) is 4.22. The highest BCUT2D eigenvalue weighted by Gasteiger charge is 2.27. The Kier molecular flexibility index (Phi) is 5.57. The van der Waals surface area contributed by atoms with Crippen LogP contribution in [0, 0.1) is 0 Å². The molecule has 30 heavy (non-hydrogen) atoms. The number of carbonyl (C=O) groups is 2. The molecule has 154 valence electrons. The largest absolute Gasteiger partial charge is 0.467 e. The zero-order valence-corrected chi connectivity index (χ0v) is 17.1. The molecule has 1 aliphatic heterocycles. The third-order valence-corrected chi connectivity index (χ3v) is 5.35. The van der Waals surface area contributed by atoms with Crippen LogP contribution in [0.5, 0.6) is 0 Å². The fourth-order valence-electron chi connectivity index (χ4n) is 3.93. The average Bonchev–Trinajstić information content (AvgIpc) is 3.31. The number of benzene rings is 2. The van der Waals surface area contributed by atoms with Gasteiger partial charge in [-0.25, -0.2) is 0 Å². The molecule has 0 fully saturated rings. The van der Waals surface area contributed by atoms with Gasteiger partial charge in [-0.15, -0.1) is 0 Å². The smallest absolute Gasteiger partial charge is 0.255 e. The number of anilines is 2. The van der Waals surface area contributed by atoms with Gasteiger partial charge in [0.1, 0.15) is 5.76 Å². The predicted molar refractivity (Wildman–Crippen MR) is 116 cm³/mol. The van der Waals surface area contributed by atoms with Crippen molar-refractivity contribution in [2.45, 2.75) is 39.4 Å². The minimum Gasteiger partial charge on any atom is -0.467 e. The molecule has 0 aliphatic carbocycles. The Bertz CT molecular complexity index is 1070. The number of hydrogen-bond donors (Lipinski definition) is 2. The molecule has 3 aromatic rings. The second-order valence-electron chi connectivity index (χ2n) is 7.63. The number of nitrogens with zero attached hydrogens (tertiary/aromatic N) is 1. The second kappa shape index (κ2) is 8.45. The number of hydrogen-bond acceptors (Lipinski definition) is 4. The first kappa shape index (κ1) is 19.8. The summed E-state index contributed by atoms with van der Waals surface area (Å²) in [7, 11) is 0. The SMILES string of the molecule is CC(=O)Nc1cccc(CNC(=O)c2ccoc2CN2c3ccccc3CC2C)c1. The van der Waals surface area contributed by atoms with E-state index in [1.807, 2.05) is 30.3 Å². The Balaban J connectivity index is 1.43. The maximum absolute atomic E-state index is 12.8. The summed E-state index contributed by atoms with van der Waals surface area (Å²) in [5, 5.41) is 5.70. The molecule has 4 rings (SSSR count). The monoisotopic (exact) mass is 403 g/mol. The van der Waals surface area contributed by atoms with Gasteiger partial charge in [0.25, 0.3) is 5.91 Å². The number of para-hydroxylation sites is 1. The van der Waals surface area contributed by atoms with E-state index < -0.39 is 0 Å². The summed E-state index contributed by atoms with van der Waals surface area (Å²) in [6, 6.07) is 17.8. The van der Waals surface area contributed by atoms with Gasteiger partial charge >= 0.3 is 0 Å². The average molecular weight is 403 g/mol.